The van der Waals surface area contributed by atoms with Gasteiger partial charge in [-0.25, -0.2) is 23.5 Å². The van der Waals surface area contributed by atoms with E-state index in [-0.39, 0.29) is 43.5 Å². The molecule has 0 spiro atoms. The molecule has 0 aliphatic heterocycles. The molecule has 3 rings (SSSR count). The van der Waals surface area contributed by atoms with Crippen LogP contribution < -0.4 is 10.5 Å². The maximum atomic E-state index is 13.0. The van der Waals surface area contributed by atoms with Gasteiger partial charge in [0.15, 0.2) is 0 Å². The lowest BCUT2D eigenvalue weighted by molar-refractivity contribution is -0.150. The first-order valence-electron chi connectivity index (χ1n) is 19.9. The molecule has 0 unspecified atom stereocenters. The van der Waals surface area contributed by atoms with E-state index < -0.39 is 71.9 Å². The maximum absolute atomic E-state index is 13.0. The second kappa shape index (κ2) is 25.5. The van der Waals surface area contributed by atoms with Crippen molar-refractivity contribution in [3.63, 3.8) is 0 Å². The van der Waals surface area contributed by atoms with Crippen molar-refractivity contribution in [2.45, 2.75) is 102 Å². The number of sulfonamides is 1. The summed E-state index contributed by atoms with van der Waals surface area (Å²) in [5, 5.41) is 44.8. The fourth-order valence-electron chi connectivity index (χ4n) is 6.44. The molecule has 3 amide bonds. The molecule has 0 bridgehead atoms. The number of aliphatic carboxylic acids is 4. The zero-order valence-electron chi connectivity index (χ0n) is 34.3. The smallest absolute Gasteiger partial charge is 0.323 e. The van der Waals surface area contributed by atoms with Crippen LogP contribution in [0.4, 0.5) is 0 Å². The molecule has 1 aromatic carbocycles. The molecule has 0 fully saturated rings. The Bertz CT molecular complexity index is 1970. The number of unbranched alkanes of at least 4 members (excludes halogenated alkanes) is 8. The van der Waals surface area contributed by atoms with E-state index in [4.69, 9.17) is 5.14 Å². The van der Waals surface area contributed by atoms with Crippen LogP contribution >= 0.6 is 0 Å². The van der Waals surface area contributed by atoms with Crippen LogP contribution in [0.3, 0.4) is 0 Å². The molecule has 2 heterocycles. The molecule has 23 heteroatoms. The zero-order valence-corrected chi connectivity index (χ0v) is 35.2. The van der Waals surface area contributed by atoms with E-state index in [0.717, 1.165) is 63.4 Å². The van der Waals surface area contributed by atoms with Gasteiger partial charge in [-0.05, 0) is 37.1 Å². The standard InChI is InChI=1S/C39H55N9O13S/c40-62(60,61)30-13-11-29(12-14-30)20-43-33(49)10-8-6-4-2-1-3-5-7-9-17-44(21-31-41-15-18-45(31)23-34(50)47(25-36(52)53)26-37(54)55)22-32-42-16-19-46(32)24-35(51)48(27-38(56)57)28-39(58)59/h11-16,18-19H,1-10,17,20-28H2,(H,43,49)(H,52,53)(H,54,55)(H,56,57)(H,58,59)(H2,40,60,61). The van der Waals surface area contributed by atoms with Gasteiger partial charge in [0.1, 0.15) is 50.9 Å². The molecule has 7 N–H and O–H groups in total. The normalized spacial score (nSPS) is 11.3. The van der Waals surface area contributed by atoms with E-state index in [9.17, 15) is 62.4 Å². The Balaban J connectivity index is 1.52. The predicted octanol–water partition coefficient (Wildman–Crippen LogP) is 0.942. The van der Waals surface area contributed by atoms with Crippen LogP contribution in [-0.2, 0) is 76.3 Å². The SMILES string of the molecule is NS(=O)(=O)c1ccc(CNC(=O)CCCCCCCCCCCN(Cc2nccn2CC(=O)N(CC(=O)O)CC(=O)O)Cc2nccn2CC(=O)N(CC(=O)O)CC(=O)O)cc1. The van der Waals surface area contributed by atoms with Crippen molar-refractivity contribution in [1.82, 2.24) is 39.1 Å². The number of carbonyl (C=O) groups is 7. The van der Waals surface area contributed by atoms with Gasteiger partial charge in [0, 0.05) is 37.8 Å². The van der Waals surface area contributed by atoms with Gasteiger partial charge in [-0.3, -0.25) is 38.5 Å². The fourth-order valence-corrected chi connectivity index (χ4v) is 6.95. The number of aromatic nitrogens is 4. The minimum absolute atomic E-state index is 0.00702. The predicted molar refractivity (Wildman–Crippen MR) is 218 cm³/mol. The van der Waals surface area contributed by atoms with Crippen LogP contribution in [0.5, 0.6) is 0 Å². The second-order valence-corrected chi connectivity index (χ2v) is 16.2. The van der Waals surface area contributed by atoms with Gasteiger partial charge in [-0.2, -0.15) is 0 Å². The molecule has 340 valence electrons. The van der Waals surface area contributed by atoms with Gasteiger partial charge < -0.3 is 44.7 Å². The molecule has 62 heavy (non-hydrogen) atoms. The van der Waals surface area contributed by atoms with Crippen molar-refractivity contribution >= 4 is 51.6 Å². The van der Waals surface area contributed by atoms with Crippen molar-refractivity contribution < 1.29 is 62.4 Å². The van der Waals surface area contributed by atoms with Gasteiger partial charge in [-0.1, -0.05) is 57.1 Å². The van der Waals surface area contributed by atoms with Crippen LogP contribution in [0, 0.1) is 0 Å². The first-order valence-corrected chi connectivity index (χ1v) is 21.5. The number of nitrogens with two attached hydrogens (primary N) is 1. The lowest BCUT2D eigenvalue weighted by atomic mass is 10.1. The number of benzene rings is 1. The first kappa shape index (κ1) is 50.2. The number of imidazole rings is 2. The minimum atomic E-state index is -3.78. The Hall–Kier alpha value is -6.20. The third-order valence-corrected chi connectivity index (χ3v) is 10.5. The number of rotatable bonds is 31. The summed E-state index contributed by atoms with van der Waals surface area (Å²) in [6.07, 6.45) is 14.6. The molecular weight excluding hydrogens is 835 g/mol. The Morgan fingerprint density at radius 2 is 1.02 bits per heavy atom. The molecule has 2 aromatic heterocycles. The highest BCUT2D eigenvalue weighted by Gasteiger charge is 2.24. The molecule has 0 aliphatic rings. The van der Waals surface area contributed by atoms with Crippen LogP contribution in [0.1, 0.15) is 81.4 Å². The van der Waals surface area contributed by atoms with E-state index in [0.29, 0.717) is 34.4 Å². The number of carbonyl (C=O) groups excluding carboxylic acids is 3. The van der Waals surface area contributed by atoms with Crippen molar-refractivity contribution in [2.75, 3.05) is 32.7 Å². The Labute approximate surface area is 358 Å². The number of primary sulfonamides is 1. The van der Waals surface area contributed by atoms with Crippen molar-refractivity contribution in [2.24, 2.45) is 5.14 Å². The molecule has 0 saturated carbocycles. The van der Waals surface area contributed by atoms with Crippen LogP contribution in [0.25, 0.3) is 0 Å². The van der Waals surface area contributed by atoms with Gasteiger partial charge in [-0.15, -0.1) is 0 Å². The third-order valence-electron chi connectivity index (χ3n) is 9.57. The Morgan fingerprint density at radius 3 is 1.42 bits per heavy atom. The maximum Gasteiger partial charge on any atom is 0.323 e. The first-order chi connectivity index (χ1) is 29.4. The average molecular weight is 890 g/mol. The summed E-state index contributed by atoms with van der Waals surface area (Å²) < 4.78 is 25.8. The highest BCUT2D eigenvalue weighted by molar-refractivity contribution is 7.89. The van der Waals surface area contributed by atoms with E-state index in [1.165, 1.54) is 46.1 Å². The lowest BCUT2D eigenvalue weighted by Gasteiger charge is -2.24. The Kier molecular flexibility index (Phi) is 20.7. The molecule has 0 aliphatic carbocycles. The van der Waals surface area contributed by atoms with Crippen LogP contribution in [0.2, 0.25) is 0 Å². The summed E-state index contributed by atoms with van der Waals surface area (Å²) in [6.45, 7) is -2.78. The van der Waals surface area contributed by atoms with Gasteiger partial charge in [0.2, 0.25) is 27.7 Å². The van der Waals surface area contributed by atoms with Gasteiger partial charge in [0.05, 0.1) is 18.0 Å². The highest BCUT2D eigenvalue weighted by Crippen LogP contribution is 2.15. The summed E-state index contributed by atoms with van der Waals surface area (Å²) in [5.41, 5.74) is 0.761. The summed E-state index contributed by atoms with van der Waals surface area (Å²) in [5.74, 6) is -6.20. The number of amides is 3. The number of carboxylic acids is 4. The monoisotopic (exact) mass is 889 g/mol. The summed E-state index contributed by atoms with van der Waals surface area (Å²) in [4.78, 5) is 95.6. The quantitative estimate of drug-likeness (QED) is 0.0490. The van der Waals surface area contributed by atoms with Crippen LogP contribution in [-0.4, -0.2) is 137 Å². The average Bonchev–Trinajstić information content (AvgIpc) is 3.82. The molecular formula is C39H55N9O13S. The van der Waals surface area contributed by atoms with Crippen LogP contribution in [0.15, 0.2) is 53.9 Å². The molecule has 0 radical (unpaired) electrons. The molecule has 0 atom stereocenters. The van der Waals surface area contributed by atoms with Crippen molar-refractivity contribution in [1.29, 1.82) is 0 Å². The third kappa shape index (κ3) is 19.0. The summed E-state index contributed by atoms with van der Waals surface area (Å²) >= 11 is 0. The number of carboxylic acid groups (broad SMARTS) is 4. The van der Waals surface area contributed by atoms with Gasteiger partial charge >= 0.3 is 23.9 Å². The van der Waals surface area contributed by atoms with Crippen molar-refractivity contribution in [3.8, 4) is 0 Å². The zero-order chi connectivity index (χ0) is 45.7. The number of nitrogens with zero attached hydrogens (tertiary/aromatic N) is 7. The fraction of sp³-hybridized carbons (Fsp3) is 0.513. The number of hydrogen-bond donors (Lipinski definition) is 6. The van der Waals surface area contributed by atoms with Gasteiger partial charge in [0.25, 0.3) is 0 Å². The molecule has 0 saturated heterocycles. The highest BCUT2D eigenvalue weighted by atomic mass is 32.2. The lowest BCUT2D eigenvalue weighted by Crippen LogP contribution is -2.41. The van der Waals surface area contributed by atoms with E-state index in [1.54, 1.807) is 12.1 Å². The topological polar surface area (TPSA) is 318 Å². The Morgan fingerprint density at radius 1 is 0.613 bits per heavy atom. The summed E-state index contributed by atoms with van der Waals surface area (Å²) in [7, 11) is -3.78. The molecule has 22 nitrogen and oxygen atoms in total. The number of hydrogen-bond acceptors (Lipinski definition) is 12. The largest absolute Gasteiger partial charge is 0.480 e. The number of nitrogens with one attached hydrogen (secondary N) is 1. The minimum Gasteiger partial charge on any atom is -0.480 e. The van der Waals surface area contributed by atoms with E-state index >= 15 is 0 Å². The second-order valence-electron chi connectivity index (χ2n) is 14.6. The molecule has 3 aromatic rings. The summed E-state index contributed by atoms with van der Waals surface area (Å²) in [6, 6.07) is 6.01. The van der Waals surface area contributed by atoms with E-state index in [2.05, 4.69) is 15.3 Å². The van der Waals surface area contributed by atoms with Crippen molar-refractivity contribution in [3.05, 3.63) is 66.3 Å². The van der Waals surface area contributed by atoms with E-state index in [1.807, 2.05) is 4.90 Å².